The number of rotatable bonds is 7. The van der Waals surface area contributed by atoms with Gasteiger partial charge in [-0.25, -0.2) is 0 Å². The molecule has 2 fully saturated rings. The van der Waals surface area contributed by atoms with Gasteiger partial charge in [0.05, 0.1) is 6.07 Å². The summed E-state index contributed by atoms with van der Waals surface area (Å²) in [7, 11) is 0. The van der Waals surface area contributed by atoms with Crippen molar-refractivity contribution in [2.45, 2.75) is 57.9 Å². The minimum atomic E-state index is 0.354. The van der Waals surface area contributed by atoms with E-state index in [1.165, 1.54) is 51.6 Å². The molecule has 2 aliphatic rings. The Morgan fingerprint density at radius 3 is 2.89 bits per heavy atom. The molecule has 3 nitrogen and oxygen atoms in total. The van der Waals surface area contributed by atoms with Crippen molar-refractivity contribution >= 4 is 0 Å². The fourth-order valence-electron chi connectivity index (χ4n) is 3.01. The van der Waals surface area contributed by atoms with Gasteiger partial charge in [-0.3, -0.25) is 0 Å². The average Bonchev–Trinajstić information content (AvgIpc) is 3.12. The van der Waals surface area contributed by atoms with Crippen LogP contribution in [0.15, 0.2) is 0 Å². The van der Waals surface area contributed by atoms with Gasteiger partial charge in [-0.05, 0) is 64.1 Å². The Bertz CT molecular complexity index is 291. The van der Waals surface area contributed by atoms with Gasteiger partial charge >= 0.3 is 0 Å². The average molecular weight is 249 g/mol. The summed E-state index contributed by atoms with van der Waals surface area (Å²) in [5.41, 5.74) is 0.354. The topological polar surface area (TPSA) is 39.1 Å². The third kappa shape index (κ3) is 3.96. The lowest BCUT2D eigenvalue weighted by molar-refractivity contribution is 0.158. The highest BCUT2D eigenvalue weighted by molar-refractivity contribution is 5.00. The SMILES string of the molecule is CC1CCCCN1CCCNCC1(CC#N)CC1. The molecule has 1 N–H and O–H groups in total. The second kappa shape index (κ2) is 6.54. The van der Waals surface area contributed by atoms with Gasteiger partial charge in [0.2, 0.25) is 0 Å². The van der Waals surface area contributed by atoms with Crippen LogP contribution in [0.4, 0.5) is 0 Å². The number of nitrogens with zero attached hydrogens (tertiary/aromatic N) is 2. The minimum Gasteiger partial charge on any atom is -0.316 e. The van der Waals surface area contributed by atoms with Crippen molar-refractivity contribution in [1.82, 2.24) is 10.2 Å². The standard InChI is InChI=1S/C15H27N3/c1-14-5-2-3-11-18(14)12-4-10-17-13-15(6-7-15)8-9-16/h14,17H,2-8,10-13H2,1H3. The van der Waals surface area contributed by atoms with Crippen LogP contribution in [0.3, 0.4) is 0 Å². The Hall–Kier alpha value is -0.590. The van der Waals surface area contributed by atoms with Crippen molar-refractivity contribution in [1.29, 1.82) is 5.26 Å². The highest BCUT2D eigenvalue weighted by Gasteiger charge is 2.41. The molecule has 3 heteroatoms. The first-order valence-corrected chi connectivity index (χ1v) is 7.57. The molecule has 0 aromatic carbocycles. The summed E-state index contributed by atoms with van der Waals surface area (Å²) in [5.74, 6) is 0. The minimum absolute atomic E-state index is 0.354. The summed E-state index contributed by atoms with van der Waals surface area (Å²) < 4.78 is 0. The van der Waals surface area contributed by atoms with Crippen LogP contribution < -0.4 is 5.32 Å². The fraction of sp³-hybridized carbons (Fsp3) is 0.933. The highest BCUT2D eigenvalue weighted by atomic mass is 15.2. The Labute approximate surface area is 112 Å². The number of piperidine rings is 1. The van der Waals surface area contributed by atoms with Gasteiger partial charge in [-0.15, -0.1) is 0 Å². The molecular formula is C15H27N3. The lowest BCUT2D eigenvalue weighted by Crippen LogP contribution is -2.39. The van der Waals surface area contributed by atoms with Crippen LogP contribution in [-0.2, 0) is 0 Å². The van der Waals surface area contributed by atoms with Gasteiger partial charge in [0, 0.05) is 19.0 Å². The zero-order valence-electron chi connectivity index (χ0n) is 11.7. The van der Waals surface area contributed by atoms with Gasteiger partial charge in [0.1, 0.15) is 0 Å². The van der Waals surface area contributed by atoms with Crippen LogP contribution >= 0.6 is 0 Å². The Morgan fingerprint density at radius 1 is 1.39 bits per heavy atom. The Balaban J connectivity index is 1.52. The van der Waals surface area contributed by atoms with Crippen LogP contribution in [-0.4, -0.2) is 37.1 Å². The molecule has 1 saturated carbocycles. The number of likely N-dealkylation sites (tertiary alicyclic amines) is 1. The first-order valence-electron chi connectivity index (χ1n) is 7.57. The molecule has 0 aromatic rings. The van der Waals surface area contributed by atoms with Crippen molar-refractivity contribution in [3.63, 3.8) is 0 Å². The first-order chi connectivity index (χ1) is 8.76. The molecule has 1 atom stereocenters. The van der Waals surface area contributed by atoms with Gasteiger partial charge in [-0.2, -0.15) is 5.26 Å². The molecular weight excluding hydrogens is 222 g/mol. The predicted octanol–water partition coefficient (Wildman–Crippen LogP) is 2.53. The van der Waals surface area contributed by atoms with E-state index >= 15 is 0 Å². The summed E-state index contributed by atoms with van der Waals surface area (Å²) in [5, 5.41) is 12.3. The highest BCUT2D eigenvalue weighted by Crippen LogP contribution is 2.47. The van der Waals surface area contributed by atoms with Crippen molar-refractivity contribution in [2.24, 2.45) is 5.41 Å². The van der Waals surface area contributed by atoms with Crippen LogP contribution in [0, 0.1) is 16.7 Å². The molecule has 1 aliphatic carbocycles. The van der Waals surface area contributed by atoms with Gasteiger partial charge < -0.3 is 10.2 Å². The maximum atomic E-state index is 8.76. The van der Waals surface area contributed by atoms with E-state index in [1.54, 1.807) is 0 Å². The molecule has 1 unspecified atom stereocenters. The number of hydrogen-bond donors (Lipinski definition) is 1. The van der Waals surface area contributed by atoms with Crippen molar-refractivity contribution < 1.29 is 0 Å². The fourth-order valence-corrected chi connectivity index (χ4v) is 3.01. The smallest absolute Gasteiger partial charge is 0.0628 e. The Kier molecular flexibility index (Phi) is 5.03. The predicted molar refractivity (Wildman–Crippen MR) is 74.3 cm³/mol. The van der Waals surface area contributed by atoms with E-state index in [4.69, 9.17) is 5.26 Å². The molecule has 0 bridgehead atoms. The number of nitrogens with one attached hydrogen (secondary N) is 1. The van der Waals surface area contributed by atoms with Crippen molar-refractivity contribution in [3.8, 4) is 6.07 Å². The second-order valence-corrected chi connectivity index (χ2v) is 6.25. The molecule has 0 radical (unpaired) electrons. The van der Waals surface area contributed by atoms with Crippen LogP contribution in [0.5, 0.6) is 0 Å². The third-order valence-corrected chi connectivity index (χ3v) is 4.65. The van der Waals surface area contributed by atoms with E-state index in [2.05, 4.69) is 23.2 Å². The molecule has 1 saturated heterocycles. The Morgan fingerprint density at radius 2 is 2.22 bits per heavy atom. The van der Waals surface area contributed by atoms with Crippen molar-refractivity contribution in [2.75, 3.05) is 26.2 Å². The molecule has 18 heavy (non-hydrogen) atoms. The van der Waals surface area contributed by atoms with Gasteiger partial charge in [-0.1, -0.05) is 6.42 Å². The second-order valence-electron chi connectivity index (χ2n) is 6.25. The summed E-state index contributed by atoms with van der Waals surface area (Å²) in [6.45, 7) is 7.05. The van der Waals surface area contributed by atoms with Crippen LogP contribution in [0.25, 0.3) is 0 Å². The van der Waals surface area contributed by atoms with E-state index in [0.717, 1.165) is 25.6 Å². The van der Waals surface area contributed by atoms with E-state index < -0.39 is 0 Å². The van der Waals surface area contributed by atoms with Gasteiger partial charge in [0.15, 0.2) is 0 Å². The van der Waals surface area contributed by atoms with E-state index in [-0.39, 0.29) is 0 Å². The maximum absolute atomic E-state index is 8.76. The lowest BCUT2D eigenvalue weighted by Gasteiger charge is -2.33. The summed E-state index contributed by atoms with van der Waals surface area (Å²) in [6.07, 6.45) is 8.64. The molecule has 0 spiro atoms. The van der Waals surface area contributed by atoms with E-state index in [1.807, 2.05) is 0 Å². The maximum Gasteiger partial charge on any atom is 0.0628 e. The van der Waals surface area contributed by atoms with Crippen LogP contribution in [0.1, 0.15) is 51.9 Å². The molecule has 102 valence electrons. The summed E-state index contributed by atoms with van der Waals surface area (Å²) in [6, 6.07) is 3.11. The van der Waals surface area contributed by atoms with Crippen molar-refractivity contribution in [3.05, 3.63) is 0 Å². The number of hydrogen-bond acceptors (Lipinski definition) is 3. The zero-order chi connectivity index (χ0) is 12.8. The molecule has 1 heterocycles. The van der Waals surface area contributed by atoms with Gasteiger partial charge in [0.25, 0.3) is 0 Å². The van der Waals surface area contributed by atoms with E-state index in [0.29, 0.717) is 5.41 Å². The number of nitriles is 1. The molecule has 2 rings (SSSR count). The quantitative estimate of drug-likeness (QED) is 0.705. The summed E-state index contributed by atoms with van der Waals surface area (Å²) >= 11 is 0. The molecule has 0 amide bonds. The third-order valence-electron chi connectivity index (χ3n) is 4.65. The normalized spacial score (nSPS) is 26.8. The molecule has 0 aromatic heterocycles. The first kappa shape index (κ1) is 13.8. The molecule has 1 aliphatic heterocycles. The largest absolute Gasteiger partial charge is 0.316 e. The zero-order valence-corrected chi connectivity index (χ0v) is 11.7. The lowest BCUT2D eigenvalue weighted by atomic mass is 10.0. The monoisotopic (exact) mass is 249 g/mol. The summed E-state index contributed by atoms with van der Waals surface area (Å²) in [4.78, 5) is 2.63. The van der Waals surface area contributed by atoms with E-state index in [9.17, 15) is 0 Å². The van der Waals surface area contributed by atoms with Crippen LogP contribution in [0.2, 0.25) is 0 Å².